The molecule has 4 nitrogen and oxygen atoms in total. The van der Waals surface area contributed by atoms with Crippen molar-refractivity contribution in [3.05, 3.63) is 53.4 Å². The molecule has 3 N–H and O–H groups in total. The maximum Gasteiger partial charge on any atom is 0.132 e. The summed E-state index contributed by atoms with van der Waals surface area (Å²) >= 11 is 1.75. The number of benzene rings is 1. The molecule has 0 fully saturated rings. The molecule has 1 aromatic carbocycles. The number of rotatable bonds is 4. The van der Waals surface area contributed by atoms with Gasteiger partial charge in [0.1, 0.15) is 11.9 Å². The number of thiophene rings is 1. The normalized spacial score (nSPS) is 12.9. The molecule has 5 heteroatoms. The molecule has 3 aromatic rings. The lowest BCUT2D eigenvalue weighted by Gasteiger charge is -2.15. The molecule has 0 amide bonds. The van der Waals surface area contributed by atoms with E-state index in [1.807, 2.05) is 12.4 Å². The third kappa shape index (κ3) is 2.16. The number of imidazole rings is 1. The molecule has 2 heterocycles. The van der Waals surface area contributed by atoms with E-state index in [4.69, 9.17) is 5.84 Å². The van der Waals surface area contributed by atoms with Gasteiger partial charge in [0.05, 0.1) is 0 Å². The van der Waals surface area contributed by atoms with Gasteiger partial charge in [-0.25, -0.2) is 10.4 Å². The Morgan fingerprint density at radius 2 is 2.26 bits per heavy atom. The molecule has 0 saturated heterocycles. The molecule has 0 aliphatic carbocycles. The van der Waals surface area contributed by atoms with Gasteiger partial charge in [0.25, 0.3) is 0 Å². The largest absolute Gasteiger partial charge is 0.334 e. The molecule has 19 heavy (non-hydrogen) atoms. The number of aryl methyl sites for hydroxylation is 1. The zero-order chi connectivity index (χ0) is 13.2. The highest BCUT2D eigenvalue weighted by molar-refractivity contribution is 7.19. The lowest BCUT2D eigenvalue weighted by Crippen LogP contribution is -2.30. The van der Waals surface area contributed by atoms with Crippen molar-refractivity contribution in [3.63, 3.8) is 0 Å². The number of nitrogens with one attached hydrogen (secondary N) is 1. The molecule has 0 saturated carbocycles. The van der Waals surface area contributed by atoms with Gasteiger partial charge >= 0.3 is 0 Å². The Morgan fingerprint density at radius 3 is 3.00 bits per heavy atom. The van der Waals surface area contributed by atoms with Gasteiger partial charge in [-0.1, -0.05) is 18.2 Å². The zero-order valence-electron chi connectivity index (χ0n) is 10.7. The summed E-state index contributed by atoms with van der Waals surface area (Å²) in [5.41, 5.74) is 2.88. The van der Waals surface area contributed by atoms with Crippen LogP contribution >= 0.6 is 11.3 Å². The molecule has 0 radical (unpaired) electrons. The molecule has 1 unspecified atom stereocenters. The number of nitrogens with zero attached hydrogens (tertiary/aromatic N) is 2. The molecule has 0 spiro atoms. The van der Waals surface area contributed by atoms with E-state index in [1.165, 1.54) is 15.0 Å². The highest BCUT2D eigenvalue weighted by atomic mass is 32.1. The van der Waals surface area contributed by atoms with Gasteiger partial charge < -0.3 is 4.57 Å². The van der Waals surface area contributed by atoms with Crippen molar-refractivity contribution in [1.82, 2.24) is 15.0 Å². The molecule has 2 aromatic heterocycles. The van der Waals surface area contributed by atoms with Gasteiger partial charge in [-0.05, 0) is 24.4 Å². The fourth-order valence-corrected chi connectivity index (χ4v) is 3.40. The summed E-state index contributed by atoms with van der Waals surface area (Å²) in [4.78, 5) is 5.62. The molecule has 0 aliphatic rings. The Labute approximate surface area is 115 Å². The van der Waals surface area contributed by atoms with E-state index in [2.05, 4.69) is 52.2 Å². The first-order chi connectivity index (χ1) is 9.33. The van der Waals surface area contributed by atoms with Crippen LogP contribution in [0.25, 0.3) is 10.1 Å². The molecular weight excluding hydrogens is 256 g/mol. The van der Waals surface area contributed by atoms with Crippen LogP contribution in [-0.2, 0) is 6.54 Å². The van der Waals surface area contributed by atoms with Gasteiger partial charge in [0.2, 0.25) is 0 Å². The first-order valence-corrected chi connectivity index (χ1v) is 7.10. The highest BCUT2D eigenvalue weighted by Gasteiger charge is 2.19. The van der Waals surface area contributed by atoms with Crippen molar-refractivity contribution in [1.29, 1.82) is 0 Å². The summed E-state index contributed by atoms with van der Waals surface area (Å²) in [7, 11) is 0. The fraction of sp³-hybridized carbons (Fsp3) is 0.214. The Bertz CT molecular complexity index is 652. The highest BCUT2D eigenvalue weighted by Crippen LogP contribution is 2.32. The van der Waals surface area contributed by atoms with E-state index >= 15 is 0 Å². The fourth-order valence-electron chi connectivity index (χ4n) is 2.28. The molecule has 0 aliphatic heterocycles. The summed E-state index contributed by atoms with van der Waals surface area (Å²) in [6, 6.07) is 10.5. The minimum Gasteiger partial charge on any atom is -0.334 e. The van der Waals surface area contributed by atoms with Crippen LogP contribution in [0.5, 0.6) is 0 Å². The van der Waals surface area contributed by atoms with Crippen LogP contribution in [0.3, 0.4) is 0 Å². The maximum absolute atomic E-state index is 5.74. The van der Waals surface area contributed by atoms with E-state index in [0.717, 1.165) is 12.4 Å². The Morgan fingerprint density at radius 1 is 1.42 bits per heavy atom. The van der Waals surface area contributed by atoms with Crippen LogP contribution in [-0.4, -0.2) is 9.55 Å². The Hall–Kier alpha value is -1.69. The third-order valence-corrected chi connectivity index (χ3v) is 4.42. The van der Waals surface area contributed by atoms with Crippen molar-refractivity contribution in [3.8, 4) is 0 Å². The second-order valence-electron chi connectivity index (χ2n) is 4.36. The summed E-state index contributed by atoms with van der Waals surface area (Å²) < 4.78 is 3.38. The van der Waals surface area contributed by atoms with Crippen LogP contribution in [0, 0.1) is 0 Å². The molecular formula is C14H16N4S. The number of nitrogens with two attached hydrogens (primary N) is 1. The summed E-state index contributed by atoms with van der Waals surface area (Å²) in [5.74, 6) is 6.70. The van der Waals surface area contributed by atoms with Crippen molar-refractivity contribution >= 4 is 21.4 Å². The number of hydrazine groups is 1. The van der Waals surface area contributed by atoms with Crippen LogP contribution in [0.2, 0.25) is 0 Å². The van der Waals surface area contributed by atoms with Crippen molar-refractivity contribution in [2.45, 2.75) is 19.5 Å². The average molecular weight is 272 g/mol. The van der Waals surface area contributed by atoms with E-state index < -0.39 is 0 Å². The van der Waals surface area contributed by atoms with Gasteiger partial charge in [-0.2, -0.15) is 0 Å². The first-order valence-electron chi connectivity index (χ1n) is 6.29. The van der Waals surface area contributed by atoms with Crippen molar-refractivity contribution < 1.29 is 0 Å². The van der Waals surface area contributed by atoms with E-state index in [1.54, 1.807) is 11.3 Å². The predicted octanol–water partition coefficient (Wildman–Crippen LogP) is 2.67. The van der Waals surface area contributed by atoms with E-state index in [9.17, 15) is 0 Å². The van der Waals surface area contributed by atoms with Crippen LogP contribution < -0.4 is 11.3 Å². The summed E-state index contributed by atoms with van der Waals surface area (Å²) in [6.07, 6.45) is 3.80. The second-order valence-corrected chi connectivity index (χ2v) is 5.47. The predicted molar refractivity (Wildman–Crippen MR) is 78.9 cm³/mol. The van der Waals surface area contributed by atoms with Crippen molar-refractivity contribution in [2.75, 3.05) is 0 Å². The number of hydrogen-bond donors (Lipinski definition) is 2. The minimum atomic E-state index is -0.0626. The standard InChI is InChI=1S/C14H16N4S/c1-2-18-8-7-16-14(18)13(17-15)12-9-10-5-3-4-6-11(10)19-12/h3-9,13,17H,2,15H2,1H3. The first kappa shape index (κ1) is 12.3. The lowest BCUT2D eigenvalue weighted by atomic mass is 10.2. The van der Waals surface area contributed by atoms with Gasteiger partial charge in [-0.15, -0.1) is 11.3 Å². The monoisotopic (exact) mass is 272 g/mol. The maximum atomic E-state index is 5.74. The van der Waals surface area contributed by atoms with Gasteiger partial charge in [0.15, 0.2) is 0 Å². The van der Waals surface area contributed by atoms with Gasteiger partial charge in [0, 0.05) is 28.5 Å². The molecule has 98 valence electrons. The second kappa shape index (κ2) is 5.13. The Kier molecular flexibility index (Phi) is 3.33. The topological polar surface area (TPSA) is 55.9 Å². The van der Waals surface area contributed by atoms with Crippen LogP contribution in [0.15, 0.2) is 42.7 Å². The minimum absolute atomic E-state index is 0.0626. The number of hydrogen-bond acceptors (Lipinski definition) is 4. The summed E-state index contributed by atoms with van der Waals surface area (Å²) in [5, 5.41) is 1.25. The van der Waals surface area contributed by atoms with E-state index in [-0.39, 0.29) is 6.04 Å². The zero-order valence-corrected chi connectivity index (χ0v) is 11.5. The van der Waals surface area contributed by atoms with Gasteiger partial charge in [-0.3, -0.25) is 5.84 Å². The summed E-state index contributed by atoms with van der Waals surface area (Å²) in [6.45, 7) is 2.99. The SMILES string of the molecule is CCn1ccnc1C(NN)c1cc2ccccc2s1. The van der Waals surface area contributed by atoms with E-state index in [0.29, 0.717) is 0 Å². The average Bonchev–Trinajstić information content (AvgIpc) is 3.05. The number of aromatic nitrogens is 2. The third-order valence-electron chi connectivity index (χ3n) is 3.24. The molecule has 1 atom stereocenters. The van der Waals surface area contributed by atoms with Crippen molar-refractivity contribution in [2.24, 2.45) is 5.84 Å². The molecule has 3 rings (SSSR count). The quantitative estimate of drug-likeness (QED) is 0.567. The molecule has 0 bridgehead atoms. The lowest BCUT2D eigenvalue weighted by molar-refractivity contribution is 0.568. The smallest absolute Gasteiger partial charge is 0.132 e. The number of fused-ring (bicyclic) bond motifs is 1. The van der Waals surface area contributed by atoms with Crippen LogP contribution in [0.1, 0.15) is 23.7 Å². The van der Waals surface area contributed by atoms with Crippen LogP contribution in [0.4, 0.5) is 0 Å². The Balaban J connectivity index is 2.06.